The van der Waals surface area contributed by atoms with Crippen molar-refractivity contribution < 1.29 is 14.3 Å². The Morgan fingerprint density at radius 1 is 1.07 bits per heavy atom. The van der Waals surface area contributed by atoms with Crippen molar-refractivity contribution in [2.24, 2.45) is 0 Å². The van der Waals surface area contributed by atoms with Gasteiger partial charge in [0.05, 0.1) is 25.4 Å². The van der Waals surface area contributed by atoms with Crippen LogP contribution in [0.5, 0.6) is 5.75 Å². The van der Waals surface area contributed by atoms with E-state index in [9.17, 15) is 9.59 Å². The Balaban J connectivity index is 1.64. The van der Waals surface area contributed by atoms with Crippen LogP contribution >= 0.6 is 11.6 Å². The Morgan fingerprint density at radius 3 is 2.44 bits per heavy atom. The highest BCUT2D eigenvalue weighted by molar-refractivity contribution is 6.30. The van der Waals surface area contributed by atoms with E-state index in [1.807, 2.05) is 30.3 Å². The summed E-state index contributed by atoms with van der Waals surface area (Å²) in [5.74, 6) is -0.651. The molecule has 2 amide bonds. The molecule has 0 aliphatic heterocycles. The smallest absolute Gasteiger partial charge is 0.294 e. The summed E-state index contributed by atoms with van der Waals surface area (Å²) >= 11 is 5.82. The molecule has 1 aromatic heterocycles. The van der Waals surface area contributed by atoms with Crippen LogP contribution in [0.25, 0.3) is 5.69 Å². The molecule has 2 aromatic carbocycles. The molecule has 7 nitrogen and oxygen atoms in total. The quantitative estimate of drug-likeness (QED) is 0.662. The van der Waals surface area contributed by atoms with Crippen LogP contribution in [0.3, 0.4) is 0 Å². The van der Waals surface area contributed by atoms with Crippen LogP contribution in [0.2, 0.25) is 5.02 Å². The number of nitrogens with zero attached hydrogens (tertiary/aromatic N) is 2. The van der Waals surface area contributed by atoms with Gasteiger partial charge >= 0.3 is 0 Å². The number of halogens is 1. The number of amides is 2. The van der Waals surface area contributed by atoms with E-state index in [2.05, 4.69) is 16.0 Å². The van der Waals surface area contributed by atoms with E-state index in [-0.39, 0.29) is 18.0 Å². The van der Waals surface area contributed by atoms with Gasteiger partial charge < -0.3 is 4.74 Å². The molecule has 27 heavy (non-hydrogen) atoms. The molecule has 3 aromatic rings. The molecule has 0 spiro atoms. The minimum absolute atomic E-state index is 0.0631. The van der Waals surface area contributed by atoms with Gasteiger partial charge in [-0.3, -0.25) is 20.4 Å². The molecule has 0 saturated carbocycles. The second-order valence-electron chi connectivity index (χ2n) is 5.63. The first-order valence-corrected chi connectivity index (χ1v) is 8.47. The first kappa shape index (κ1) is 18.5. The Kier molecular flexibility index (Phi) is 5.73. The minimum atomic E-state index is -0.578. The van der Waals surface area contributed by atoms with Crippen molar-refractivity contribution in [1.82, 2.24) is 20.6 Å². The second kappa shape index (κ2) is 8.37. The number of benzene rings is 2. The maximum Gasteiger partial charge on any atom is 0.294 e. The van der Waals surface area contributed by atoms with Gasteiger partial charge in [-0.25, -0.2) is 4.68 Å². The summed E-state index contributed by atoms with van der Waals surface area (Å²) in [5.41, 5.74) is 6.34. The first-order valence-electron chi connectivity index (χ1n) is 8.09. The number of nitrogens with one attached hydrogen (secondary N) is 2. The third-order valence-corrected chi connectivity index (χ3v) is 3.98. The maximum absolute atomic E-state index is 12.4. The monoisotopic (exact) mass is 384 g/mol. The van der Waals surface area contributed by atoms with Crippen LogP contribution in [0, 0.1) is 0 Å². The zero-order valence-corrected chi connectivity index (χ0v) is 15.2. The van der Waals surface area contributed by atoms with Crippen molar-refractivity contribution in [2.45, 2.75) is 6.42 Å². The van der Waals surface area contributed by atoms with E-state index in [1.165, 1.54) is 11.8 Å². The third-order valence-electron chi connectivity index (χ3n) is 3.73. The van der Waals surface area contributed by atoms with E-state index >= 15 is 0 Å². The van der Waals surface area contributed by atoms with Crippen LogP contribution in [0.15, 0.2) is 60.8 Å². The first-order chi connectivity index (χ1) is 13.1. The van der Waals surface area contributed by atoms with Crippen LogP contribution in [-0.2, 0) is 11.2 Å². The van der Waals surface area contributed by atoms with Gasteiger partial charge in [0.2, 0.25) is 5.91 Å². The molecule has 0 unspecified atom stereocenters. The fourth-order valence-corrected chi connectivity index (χ4v) is 2.52. The van der Waals surface area contributed by atoms with Crippen LogP contribution < -0.4 is 15.6 Å². The largest absolute Gasteiger partial charge is 0.493 e. The molecule has 0 atom stereocenters. The average Bonchev–Trinajstić information content (AvgIpc) is 3.13. The zero-order chi connectivity index (χ0) is 19.2. The standard InChI is InChI=1S/C19H17ClN4O3/c1-27-16-12-24(15-5-3-2-4-6-15)23-18(16)19(26)22-21-17(25)11-13-7-9-14(20)10-8-13/h2-10,12H,11H2,1H3,(H,21,25)(H,22,26). The fourth-order valence-electron chi connectivity index (χ4n) is 2.40. The van der Waals surface area contributed by atoms with E-state index in [0.29, 0.717) is 10.8 Å². The Morgan fingerprint density at radius 2 is 1.78 bits per heavy atom. The van der Waals surface area contributed by atoms with Crippen LogP contribution in [0.1, 0.15) is 16.1 Å². The molecule has 0 fully saturated rings. The summed E-state index contributed by atoms with van der Waals surface area (Å²) in [6.45, 7) is 0. The van der Waals surface area contributed by atoms with Crippen molar-refractivity contribution in [2.75, 3.05) is 7.11 Å². The molecule has 8 heteroatoms. The lowest BCUT2D eigenvalue weighted by atomic mass is 10.1. The summed E-state index contributed by atoms with van der Waals surface area (Å²) in [7, 11) is 1.45. The van der Waals surface area contributed by atoms with E-state index in [0.717, 1.165) is 11.3 Å². The molecule has 0 bridgehead atoms. The van der Waals surface area contributed by atoms with Crippen molar-refractivity contribution >= 4 is 23.4 Å². The molecule has 0 aliphatic carbocycles. The van der Waals surface area contributed by atoms with Crippen molar-refractivity contribution in [3.63, 3.8) is 0 Å². The van der Waals surface area contributed by atoms with Gasteiger partial charge in [-0.1, -0.05) is 41.9 Å². The van der Waals surface area contributed by atoms with Crippen molar-refractivity contribution in [3.8, 4) is 11.4 Å². The minimum Gasteiger partial charge on any atom is -0.493 e. The molecular weight excluding hydrogens is 368 g/mol. The molecule has 0 aliphatic rings. The maximum atomic E-state index is 12.4. The topological polar surface area (TPSA) is 85.2 Å². The van der Waals surface area contributed by atoms with Crippen LogP contribution in [0.4, 0.5) is 0 Å². The molecular formula is C19H17ClN4O3. The number of carbonyl (C=O) groups excluding carboxylic acids is 2. The predicted octanol–water partition coefficient (Wildman–Crippen LogP) is 2.54. The number of methoxy groups -OCH3 is 1. The fraction of sp³-hybridized carbons (Fsp3) is 0.105. The molecule has 138 valence electrons. The van der Waals surface area contributed by atoms with E-state index in [4.69, 9.17) is 16.3 Å². The number of carbonyl (C=O) groups is 2. The van der Waals surface area contributed by atoms with Gasteiger partial charge in [0.1, 0.15) is 0 Å². The Bertz CT molecular complexity index is 939. The number of para-hydroxylation sites is 1. The Labute approximate surface area is 160 Å². The lowest BCUT2D eigenvalue weighted by molar-refractivity contribution is -0.121. The lowest BCUT2D eigenvalue weighted by Gasteiger charge is -2.07. The Hall–Kier alpha value is -3.32. The molecule has 1 heterocycles. The molecule has 2 N–H and O–H groups in total. The predicted molar refractivity (Wildman–Crippen MR) is 101 cm³/mol. The van der Waals surface area contributed by atoms with Gasteiger partial charge in [-0.15, -0.1) is 0 Å². The number of aromatic nitrogens is 2. The number of hydrogen-bond acceptors (Lipinski definition) is 4. The second-order valence-corrected chi connectivity index (χ2v) is 6.07. The SMILES string of the molecule is COc1cn(-c2ccccc2)nc1C(=O)NNC(=O)Cc1ccc(Cl)cc1. The van der Waals surface area contributed by atoms with Crippen molar-refractivity contribution in [3.05, 3.63) is 77.1 Å². The zero-order valence-electron chi connectivity index (χ0n) is 14.5. The normalized spacial score (nSPS) is 10.3. The van der Waals surface area contributed by atoms with E-state index < -0.39 is 5.91 Å². The van der Waals surface area contributed by atoms with Gasteiger partial charge in [-0.05, 0) is 29.8 Å². The number of rotatable bonds is 5. The van der Waals surface area contributed by atoms with Crippen LogP contribution in [-0.4, -0.2) is 28.7 Å². The van der Waals surface area contributed by atoms with Gasteiger partial charge in [0.15, 0.2) is 11.4 Å². The summed E-state index contributed by atoms with van der Waals surface area (Å²) < 4.78 is 6.74. The molecule has 0 saturated heterocycles. The summed E-state index contributed by atoms with van der Waals surface area (Å²) in [6, 6.07) is 16.2. The number of hydrazine groups is 1. The summed E-state index contributed by atoms with van der Waals surface area (Å²) in [4.78, 5) is 24.4. The number of ether oxygens (including phenoxy) is 1. The molecule has 3 rings (SSSR count). The summed E-state index contributed by atoms with van der Waals surface area (Å²) in [5, 5.41) is 4.83. The third kappa shape index (κ3) is 4.65. The van der Waals surface area contributed by atoms with Gasteiger partial charge in [-0.2, -0.15) is 5.10 Å². The average molecular weight is 385 g/mol. The lowest BCUT2D eigenvalue weighted by Crippen LogP contribution is -2.42. The van der Waals surface area contributed by atoms with Gasteiger partial charge in [0.25, 0.3) is 5.91 Å². The number of hydrogen-bond donors (Lipinski definition) is 2. The molecule has 0 radical (unpaired) electrons. The highest BCUT2D eigenvalue weighted by atomic mass is 35.5. The van der Waals surface area contributed by atoms with Crippen molar-refractivity contribution in [1.29, 1.82) is 0 Å². The highest BCUT2D eigenvalue weighted by Gasteiger charge is 2.19. The highest BCUT2D eigenvalue weighted by Crippen LogP contribution is 2.19. The summed E-state index contributed by atoms with van der Waals surface area (Å²) in [6.07, 6.45) is 1.70. The van der Waals surface area contributed by atoms with Gasteiger partial charge in [0, 0.05) is 5.02 Å². The van der Waals surface area contributed by atoms with E-state index in [1.54, 1.807) is 30.5 Å².